The van der Waals surface area contributed by atoms with Crippen molar-refractivity contribution in [3.63, 3.8) is 0 Å². The van der Waals surface area contributed by atoms with E-state index in [0.717, 1.165) is 0 Å². The molecule has 1 saturated heterocycles. The Labute approximate surface area is 108 Å². The molecule has 0 amide bonds. The van der Waals surface area contributed by atoms with Crippen molar-refractivity contribution >= 4 is 17.6 Å². The summed E-state index contributed by atoms with van der Waals surface area (Å²) < 4.78 is 57.2. The Morgan fingerprint density at radius 2 is 1.89 bits per heavy atom. The molecule has 0 radical (unpaired) electrons. The fourth-order valence-corrected chi connectivity index (χ4v) is 1.99. The average molecular weight is 285 g/mol. The van der Waals surface area contributed by atoms with E-state index in [9.17, 15) is 17.7 Å². The number of ether oxygens (including phenoxy) is 1. The van der Waals surface area contributed by atoms with Crippen molar-refractivity contribution in [1.29, 1.82) is 0 Å². The van der Waals surface area contributed by atoms with Crippen LogP contribution in [0.2, 0.25) is 0 Å². The lowest BCUT2D eigenvalue weighted by atomic mass is 9.98. The molecule has 7 heteroatoms. The Bertz CT molecular complexity index is 294. The summed E-state index contributed by atoms with van der Waals surface area (Å²) in [7, 11) is 0. The van der Waals surface area contributed by atoms with Crippen molar-refractivity contribution in [1.82, 2.24) is 0 Å². The first-order valence-corrected chi connectivity index (χ1v) is 6.86. The van der Waals surface area contributed by atoms with E-state index < -0.39 is 34.3 Å². The minimum atomic E-state index is -4.20. The maximum absolute atomic E-state index is 12.4. The summed E-state index contributed by atoms with van der Waals surface area (Å²) in [5.41, 5.74) is 0. The van der Waals surface area contributed by atoms with Crippen LogP contribution in [-0.4, -0.2) is 34.4 Å². The molecule has 3 nitrogen and oxygen atoms in total. The minimum Gasteiger partial charge on any atom is -0.591 e. The summed E-state index contributed by atoms with van der Waals surface area (Å²) in [6.07, 6.45) is -3.00. The predicted molar refractivity (Wildman–Crippen MR) is 64.9 cm³/mol. The number of rotatable bonds is 2. The van der Waals surface area contributed by atoms with Crippen LogP contribution in [-0.2, 0) is 16.1 Å². The van der Waals surface area contributed by atoms with Crippen LogP contribution in [0.4, 0.5) is 13.2 Å². The van der Waals surface area contributed by atoms with Gasteiger partial charge in [0, 0.05) is 0 Å². The first-order valence-electron chi connectivity index (χ1n) is 5.75. The molecule has 0 saturated carbocycles. The SMILES string of the molecule is CC(C)(C)[S@@+]([O-])N=CC1CCC(C(F)(F)F)CO1. The van der Waals surface area contributed by atoms with Gasteiger partial charge in [0.05, 0.1) is 24.8 Å². The summed E-state index contributed by atoms with van der Waals surface area (Å²) in [5.74, 6) is -1.39. The normalized spacial score (nSPS) is 28.6. The van der Waals surface area contributed by atoms with Gasteiger partial charge in [0.1, 0.15) is 16.1 Å². The highest BCUT2D eigenvalue weighted by atomic mass is 32.2. The topological polar surface area (TPSA) is 44.7 Å². The number of halogens is 3. The third kappa shape index (κ3) is 4.78. The van der Waals surface area contributed by atoms with Gasteiger partial charge in [0.25, 0.3) is 0 Å². The summed E-state index contributed by atoms with van der Waals surface area (Å²) in [6, 6.07) is 0. The van der Waals surface area contributed by atoms with Crippen molar-refractivity contribution < 1.29 is 22.5 Å². The molecule has 1 fully saturated rings. The van der Waals surface area contributed by atoms with Crippen LogP contribution in [0.3, 0.4) is 0 Å². The maximum atomic E-state index is 12.4. The van der Waals surface area contributed by atoms with E-state index in [1.54, 1.807) is 20.8 Å². The third-order valence-corrected chi connectivity index (χ3v) is 3.98. The van der Waals surface area contributed by atoms with Gasteiger partial charge in [-0.05, 0) is 33.6 Å². The highest BCUT2D eigenvalue weighted by Gasteiger charge is 2.42. The number of alkyl halides is 3. The van der Waals surface area contributed by atoms with Gasteiger partial charge in [-0.15, -0.1) is 0 Å². The fraction of sp³-hybridized carbons (Fsp3) is 0.909. The summed E-state index contributed by atoms with van der Waals surface area (Å²) in [5, 5.41) is 0. The second-order valence-electron chi connectivity index (χ2n) is 5.30. The molecule has 0 aliphatic carbocycles. The van der Waals surface area contributed by atoms with Crippen LogP contribution in [0.15, 0.2) is 4.40 Å². The quantitative estimate of drug-likeness (QED) is 0.578. The van der Waals surface area contributed by atoms with Crippen LogP contribution in [0.5, 0.6) is 0 Å². The summed E-state index contributed by atoms with van der Waals surface area (Å²) >= 11 is -1.40. The molecule has 0 spiro atoms. The zero-order chi connectivity index (χ0) is 14.0. The average Bonchev–Trinajstić information content (AvgIpc) is 2.24. The van der Waals surface area contributed by atoms with Gasteiger partial charge in [-0.25, -0.2) is 0 Å². The Morgan fingerprint density at radius 1 is 1.28 bits per heavy atom. The van der Waals surface area contributed by atoms with Crippen LogP contribution in [0.25, 0.3) is 0 Å². The van der Waals surface area contributed by atoms with E-state index in [4.69, 9.17) is 4.74 Å². The van der Waals surface area contributed by atoms with Crippen molar-refractivity contribution in [3.8, 4) is 0 Å². The van der Waals surface area contributed by atoms with Crippen LogP contribution >= 0.6 is 0 Å². The predicted octanol–water partition coefficient (Wildman–Crippen LogP) is 2.88. The molecule has 1 aliphatic rings. The molecule has 1 heterocycles. The van der Waals surface area contributed by atoms with E-state index in [0.29, 0.717) is 0 Å². The van der Waals surface area contributed by atoms with Crippen molar-refractivity contribution in [2.45, 2.75) is 50.6 Å². The van der Waals surface area contributed by atoms with E-state index in [1.807, 2.05) is 0 Å². The molecule has 0 N–H and O–H groups in total. The van der Waals surface area contributed by atoms with Gasteiger partial charge in [-0.2, -0.15) is 13.2 Å². The van der Waals surface area contributed by atoms with E-state index in [-0.39, 0.29) is 19.4 Å². The van der Waals surface area contributed by atoms with E-state index >= 15 is 0 Å². The molecule has 0 aromatic rings. The van der Waals surface area contributed by atoms with E-state index in [1.165, 1.54) is 6.21 Å². The highest BCUT2D eigenvalue weighted by Crippen LogP contribution is 2.33. The standard InChI is InChI=1S/C11H18F3NO2S/c1-10(2,3)18(16)15-6-9-5-4-8(7-17-9)11(12,13)14/h6,8-9H,4-5,7H2,1-3H3/t8?,9?,18-/m1/s1. The molecule has 1 aliphatic heterocycles. The first-order chi connectivity index (χ1) is 8.10. The van der Waals surface area contributed by atoms with Crippen molar-refractivity contribution in [2.75, 3.05) is 6.61 Å². The molecule has 0 bridgehead atoms. The highest BCUT2D eigenvalue weighted by molar-refractivity contribution is 7.91. The molecule has 0 aromatic carbocycles. The monoisotopic (exact) mass is 285 g/mol. The zero-order valence-electron chi connectivity index (χ0n) is 10.7. The minimum absolute atomic E-state index is 0.0301. The van der Waals surface area contributed by atoms with Gasteiger partial charge < -0.3 is 9.29 Å². The van der Waals surface area contributed by atoms with Gasteiger partial charge in [-0.3, -0.25) is 0 Å². The second-order valence-corrected chi connectivity index (χ2v) is 7.24. The van der Waals surface area contributed by atoms with Crippen LogP contribution in [0.1, 0.15) is 33.6 Å². The van der Waals surface area contributed by atoms with Crippen LogP contribution < -0.4 is 0 Å². The van der Waals surface area contributed by atoms with Crippen molar-refractivity contribution in [3.05, 3.63) is 0 Å². The molecule has 18 heavy (non-hydrogen) atoms. The number of hydrogen-bond acceptors (Lipinski definition) is 3. The Kier molecular flexibility index (Phi) is 5.08. The summed E-state index contributed by atoms with van der Waals surface area (Å²) in [6.45, 7) is 4.99. The maximum Gasteiger partial charge on any atom is 0.394 e. The molecular weight excluding hydrogens is 267 g/mol. The molecule has 106 valence electrons. The lowest BCUT2D eigenvalue weighted by Crippen LogP contribution is -2.36. The van der Waals surface area contributed by atoms with Gasteiger partial charge in [-0.1, -0.05) is 4.40 Å². The van der Waals surface area contributed by atoms with Gasteiger partial charge in [0.15, 0.2) is 0 Å². The van der Waals surface area contributed by atoms with Crippen LogP contribution in [0, 0.1) is 5.92 Å². The Balaban J connectivity index is 2.43. The third-order valence-electron chi connectivity index (χ3n) is 2.62. The zero-order valence-corrected chi connectivity index (χ0v) is 11.5. The number of nitrogens with zero attached hydrogens (tertiary/aromatic N) is 1. The second kappa shape index (κ2) is 5.79. The molecule has 0 aromatic heterocycles. The molecular formula is C11H18F3NO2S. The largest absolute Gasteiger partial charge is 0.591 e. The van der Waals surface area contributed by atoms with Gasteiger partial charge >= 0.3 is 6.18 Å². The molecule has 3 atom stereocenters. The van der Waals surface area contributed by atoms with E-state index in [2.05, 4.69) is 4.40 Å². The Hall–Kier alpha value is -0.270. The molecule has 1 rings (SSSR count). The first kappa shape index (κ1) is 15.8. The lowest BCUT2D eigenvalue weighted by molar-refractivity contribution is -0.202. The molecule has 2 unspecified atom stereocenters. The Morgan fingerprint density at radius 3 is 2.28 bits per heavy atom. The number of hydrogen-bond donors (Lipinski definition) is 0. The van der Waals surface area contributed by atoms with Crippen molar-refractivity contribution in [2.24, 2.45) is 10.3 Å². The summed E-state index contributed by atoms with van der Waals surface area (Å²) in [4.78, 5) is 0. The van der Waals surface area contributed by atoms with Gasteiger partial charge in [0.2, 0.25) is 0 Å². The lowest BCUT2D eigenvalue weighted by Gasteiger charge is -2.28. The fourth-order valence-electron chi connectivity index (χ4n) is 1.43. The smallest absolute Gasteiger partial charge is 0.394 e.